The number of ether oxygens (including phenoxy) is 1. The first-order chi connectivity index (χ1) is 9.36. The van der Waals surface area contributed by atoms with Gasteiger partial charge in [-0.1, -0.05) is 13.0 Å². The topological polar surface area (TPSA) is 113 Å². The number of nitrogens with two attached hydrogens (primary N) is 1. The lowest BCUT2D eigenvalue weighted by Crippen LogP contribution is -2.21. The zero-order valence-corrected chi connectivity index (χ0v) is 11.3. The van der Waals surface area contributed by atoms with Crippen LogP contribution in [0, 0.1) is 16.0 Å². The van der Waals surface area contributed by atoms with Crippen LogP contribution in [0.3, 0.4) is 0 Å². The summed E-state index contributed by atoms with van der Waals surface area (Å²) in [7, 11) is 1.21. The number of amides is 1. The molecule has 0 spiro atoms. The molecule has 0 aliphatic rings. The molecule has 7 heteroatoms. The van der Waals surface area contributed by atoms with E-state index in [2.05, 4.69) is 4.74 Å². The van der Waals surface area contributed by atoms with E-state index in [0.29, 0.717) is 18.4 Å². The average molecular weight is 280 g/mol. The Bertz CT molecular complexity index is 542. The molecule has 1 aromatic carbocycles. The Labute approximate surface area is 115 Å². The van der Waals surface area contributed by atoms with E-state index in [1.807, 2.05) is 0 Å². The lowest BCUT2D eigenvalue weighted by Gasteiger charge is -2.10. The molecule has 7 nitrogen and oxygen atoms in total. The van der Waals surface area contributed by atoms with E-state index in [1.54, 1.807) is 6.92 Å². The van der Waals surface area contributed by atoms with E-state index >= 15 is 0 Å². The fourth-order valence-electron chi connectivity index (χ4n) is 1.71. The summed E-state index contributed by atoms with van der Waals surface area (Å²) in [4.78, 5) is 32.8. The predicted molar refractivity (Wildman–Crippen MR) is 71.1 cm³/mol. The maximum absolute atomic E-state index is 11.7. The van der Waals surface area contributed by atoms with Gasteiger partial charge in [-0.05, 0) is 18.4 Å². The Morgan fingerprint density at radius 2 is 2.10 bits per heavy atom. The molecule has 0 saturated heterocycles. The first kappa shape index (κ1) is 15.6. The number of rotatable bonds is 6. The molecule has 1 unspecified atom stereocenters. The number of non-ortho nitro benzene ring substituents is 1. The largest absolute Gasteiger partial charge is 0.465 e. The van der Waals surface area contributed by atoms with Gasteiger partial charge in [0, 0.05) is 18.1 Å². The third-order valence-corrected chi connectivity index (χ3v) is 3.04. The van der Waals surface area contributed by atoms with E-state index in [-0.39, 0.29) is 17.2 Å². The number of nitro groups is 1. The number of hydrogen-bond donors (Lipinski definition) is 1. The van der Waals surface area contributed by atoms with Gasteiger partial charge in [-0.3, -0.25) is 14.9 Å². The number of carbonyl (C=O) groups excluding carboxylic acids is 2. The summed E-state index contributed by atoms with van der Waals surface area (Å²) in [6, 6.07) is 3.99. The van der Waals surface area contributed by atoms with Crippen molar-refractivity contribution in [1.82, 2.24) is 0 Å². The molecule has 20 heavy (non-hydrogen) atoms. The number of carbonyl (C=O) groups is 2. The molecule has 0 radical (unpaired) electrons. The minimum absolute atomic E-state index is 0.137. The van der Waals surface area contributed by atoms with Gasteiger partial charge in [-0.2, -0.15) is 0 Å². The minimum Gasteiger partial charge on any atom is -0.465 e. The number of hydrogen-bond acceptors (Lipinski definition) is 5. The molecule has 0 heterocycles. The molecule has 0 saturated carbocycles. The van der Waals surface area contributed by atoms with Gasteiger partial charge < -0.3 is 10.5 Å². The van der Waals surface area contributed by atoms with Gasteiger partial charge in [-0.15, -0.1) is 0 Å². The van der Waals surface area contributed by atoms with E-state index in [0.717, 1.165) is 0 Å². The standard InChI is InChI=1S/C13H16N2O5/c1-8(12(14)16)3-4-9-5-6-10(15(18)19)7-11(9)13(17)20-2/h5-8H,3-4H2,1-2H3,(H2,14,16). The van der Waals surface area contributed by atoms with Gasteiger partial charge in [0.25, 0.3) is 5.69 Å². The Morgan fingerprint density at radius 1 is 1.45 bits per heavy atom. The Kier molecular flexibility index (Phi) is 5.19. The summed E-state index contributed by atoms with van der Waals surface area (Å²) in [5, 5.41) is 10.7. The van der Waals surface area contributed by atoms with Crippen LogP contribution in [0.15, 0.2) is 18.2 Å². The van der Waals surface area contributed by atoms with Crippen LogP contribution in [-0.4, -0.2) is 23.9 Å². The molecule has 0 aliphatic carbocycles. The highest BCUT2D eigenvalue weighted by Gasteiger charge is 2.18. The van der Waals surface area contributed by atoms with E-state index < -0.39 is 16.8 Å². The van der Waals surface area contributed by atoms with Crippen molar-refractivity contribution in [2.75, 3.05) is 7.11 Å². The fourth-order valence-corrected chi connectivity index (χ4v) is 1.71. The molecule has 1 rings (SSSR count). The Hall–Kier alpha value is -2.44. The minimum atomic E-state index is -0.643. The van der Waals surface area contributed by atoms with Crippen LogP contribution < -0.4 is 5.73 Å². The number of methoxy groups -OCH3 is 1. The molecule has 1 aromatic rings. The summed E-state index contributed by atoms with van der Waals surface area (Å²) in [5.74, 6) is -1.40. The van der Waals surface area contributed by atoms with Crippen molar-refractivity contribution in [2.24, 2.45) is 11.7 Å². The summed E-state index contributed by atoms with van der Waals surface area (Å²) in [6.45, 7) is 1.69. The number of nitro benzene ring substituents is 1. The quantitative estimate of drug-likeness (QED) is 0.481. The third-order valence-electron chi connectivity index (χ3n) is 3.04. The second kappa shape index (κ2) is 6.65. The zero-order valence-electron chi connectivity index (χ0n) is 11.3. The molecule has 108 valence electrons. The highest BCUT2D eigenvalue weighted by molar-refractivity contribution is 5.91. The smallest absolute Gasteiger partial charge is 0.338 e. The van der Waals surface area contributed by atoms with Gasteiger partial charge in [0.1, 0.15) is 0 Å². The van der Waals surface area contributed by atoms with Crippen molar-refractivity contribution in [3.63, 3.8) is 0 Å². The monoisotopic (exact) mass is 280 g/mol. The maximum atomic E-state index is 11.7. The molecule has 0 aliphatic heterocycles. The Morgan fingerprint density at radius 3 is 2.60 bits per heavy atom. The third kappa shape index (κ3) is 3.78. The molecule has 0 fully saturated rings. The van der Waals surface area contributed by atoms with Gasteiger partial charge in [0.05, 0.1) is 17.6 Å². The van der Waals surface area contributed by atoms with Crippen molar-refractivity contribution in [2.45, 2.75) is 19.8 Å². The molecule has 0 aromatic heterocycles. The van der Waals surface area contributed by atoms with Crippen LogP contribution in [0.1, 0.15) is 29.3 Å². The van der Waals surface area contributed by atoms with Gasteiger partial charge in [0.2, 0.25) is 5.91 Å². The fraction of sp³-hybridized carbons (Fsp3) is 0.385. The van der Waals surface area contributed by atoms with Crippen molar-refractivity contribution in [3.8, 4) is 0 Å². The highest BCUT2D eigenvalue weighted by atomic mass is 16.6. The maximum Gasteiger partial charge on any atom is 0.338 e. The number of nitrogens with zero attached hydrogens (tertiary/aromatic N) is 1. The molecule has 2 N–H and O–H groups in total. The number of primary amides is 1. The molecular formula is C13H16N2O5. The van der Waals surface area contributed by atoms with E-state index in [1.165, 1.54) is 25.3 Å². The second-order valence-corrected chi connectivity index (χ2v) is 4.43. The van der Waals surface area contributed by atoms with Crippen LogP contribution in [0.25, 0.3) is 0 Å². The van der Waals surface area contributed by atoms with E-state index in [4.69, 9.17) is 5.73 Å². The first-order valence-corrected chi connectivity index (χ1v) is 6.01. The number of benzene rings is 1. The Balaban J connectivity index is 3.03. The highest BCUT2D eigenvalue weighted by Crippen LogP contribution is 2.21. The van der Waals surface area contributed by atoms with Gasteiger partial charge in [-0.25, -0.2) is 4.79 Å². The predicted octanol–water partition coefficient (Wildman–Crippen LogP) is 1.44. The molecule has 1 atom stereocenters. The molecule has 1 amide bonds. The number of esters is 1. The average Bonchev–Trinajstić information content (AvgIpc) is 2.43. The molecule has 0 bridgehead atoms. The van der Waals surface area contributed by atoms with Crippen molar-refractivity contribution in [1.29, 1.82) is 0 Å². The van der Waals surface area contributed by atoms with Crippen molar-refractivity contribution < 1.29 is 19.2 Å². The van der Waals surface area contributed by atoms with Crippen LogP contribution in [0.2, 0.25) is 0 Å². The SMILES string of the molecule is COC(=O)c1cc([N+](=O)[O-])ccc1CCC(C)C(N)=O. The summed E-state index contributed by atoms with van der Waals surface area (Å²) >= 11 is 0. The first-order valence-electron chi connectivity index (χ1n) is 6.01. The molecular weight excluding hydrogens is 264 g/mol. The lowest BCUT2D eigenvalue weighted by atomic mass is 9.97. The number of aryl methyl sites for hydroxylation is 1. The van der Waals surface area contributed by atoms with Crippen molar-refractivity contribution >= 4 is 17.6 Å². The normalized spacial score (nSPS) is 11.7. The lowest BCUT2D eigenvalue weighted by molar-refractivity contribution is -0.384. The zero-order chi connectivity index (χ0) is 15.3. The van der Waals surface area contributed by atoms with Crippen LogP contribution in [-0.2, 0) is 16.0 Å². The summed E-state index contributed by atoms with van der Waals surface area (Å²) < 4.78 is 4.61. The van der Waals surface area contributed by atoms with Crippen LogP contribution in [0.5, 0.6) is 0 Å². The summed E-state index contributed by atoms with van der Waals surface area (Å²) in [5.41, 5.74) is 5.72. The van der Waals surface area contributed by atoms with Crippen LogP contribution in [0.4, 0.5) is 5.69 Å². The van der Waals surface area contributed by atoms with Crippen molar-refractivity contribution in [3.05, 3.63) is 39.4 Å². The van der Waals surface area contributed by atoms with Crippen LogP contribution >= 0.6 is 0 Å². The van der Waals surface area contributed by atoms with Gasteiger partial charge >= 0.3 is 5.97 Å². The van der Waals surface area contributed by atoms with E-state index in [9.17, 15) is 19.7 Å². The summed E-state index contributed by atoms with van der Waals surface area (Å²) in [6.07, 6.45) is 0.865. The second-order valence-electron chi connectivity index (χ2n) is 4.43. The van der Waals surface area contributed by atoms with Gasteiger partial charge in [0.15, 0.2) is 0 Å².